The third-order valence-electron chi connectivity index (χ3n) is 11.0. The van der Waals surface area contributed by atoms with Gasteiger partial charge in [0.15, 0.2) is 11.5 Å². The lowest BCUT2D eigenvalue weighted by Gasteiger charge is -2.36. The van der Waals surface area contributed by atoms with Crippen molar-refractivity contribution in [2.75, 3.05) is 26.2 Å². The van der Waals surface area contributed by atoms with Crippen LogP contribution in [0.15, 0.2) is 64.8 Å². The highest BCUT2D eigenvalue weighted by Crippen LogP contribution is 2.32. The molecular formula is C42H44FN11O3. The van der Waals surface area contributed by atoms with E-state index >= 15 is 4.39 Å². The van der Waals surface area contributed by atoms with E-state index in [0.717, 1.165) is 49.1 Å². The summed E-state index contributed by atoms with van der Waals surface area (Å²) in [5.41, 5.74) is 5.60. The quantitative estimate of drug-likeness (QED) is 0.121. The highest BCUT2D eigenvalue weighted by atomic mass is 19.1. The van der Waals surface area contributed by atoms with E-state index in [-0.39, 0.29) is 58.9 Å². The van der Waals surface area contributed by atoms with Crippen LogP contribution in [-0.2, 0) is 19.5 Å². The molecule has 15 heteroatoms. The van der Waals surface area contributed by atoms with Crippen LogP contribution in [-0.4, -0.2) is 86.4 Å². The summed E-state index contributed by atoms with van der Waals surface area (Å²) >= 11 is 0. The minimum absolute atomic E-state index is 0.108. The number of fused-ring (bicyclic) bond motifs is 4. The molecule has 0 atom stereocenters. The molecule has 1 aromatic carbocycles. The van der Waals surface area contributed by atoms with Crippen molar-refractivity contribution in [3.05, 3.63) is 111 Å². The van der Waals surface area contributed by atoms with Crippen molar-refractivity contribution in [2.45, 2.75) is 73.0 Å². The number of aryl methyl sites for hydroxylation is 1. The molecule has 292 valence electrons. The summed E-state index contributed by atoms with van der Waals surface area (Å²) in [7, 11) is 0. The number of carbonyl (C=O) groups excluding carboxylic acids is 1. The minimum atomic E-state index is -0.478. The summed E-state index contributed by atoms with van der Waals surface area (Å²) in [6.07, 6.45) is 5.34. The Morgan fingerprint density at radius 2 is 1.86 bits per heavy atom. The Kier molecular flexibility index (Phi) is 9.69. The lowest BCUT2D eigenvalue weighted by Crippen LogP contribution is -2.41. The Hall–Kier alpha value is -6.27. The number of pyridine rings is 2. The first kappa shape index (κ1) is 37.6. The van der Waals surface area contributed by atoms with Gasteiger partial charge in [0, 0.05) is 55.1 Å². The van der Waals surface area contributed by atoms with Gasteiger partial charge in [-0.25, -0.2) is 29.1 Å². The molecule has 1 fully saturated rings. The fourth-order valence-electron chi connectivity index (χ4n) is 8.38. The van der Waals surface area contributed by atoms with E-state index in [1.54, 1.807) is 58.3 Å². The summed E-state index contributed by atoms with van der Waals surface area (Å²) in [6, 6.07) is 13.5. The molecule has 0 bridgehead atoms. The fraction of sp³-hybridized carbons (Fsp3) is 0.381. The third-order valence-corrected chi connectivity index (χ3v) is 11.0. The number of hydrogen-bond donors (Lipinski definition) is 1. The zero-order chi connectivity index (χ0) is 40.2. The summed E-state index contributed by atoms with van der Waals surface area (Å²) in [5.74, 6) is -0.519. The molecule has 0 unspecified atom stereocenters. The maximum Gasteiger partial charge on any atom is 0.335 e. The molecule has 0 spiro atoms. The van der Waals surface area contributed by atoms with Crippen LogP contribution < -0.4 is 5.69 Å². The number of rotatable bonds is 7. The van der Waals surface area contributed by atoms with Crippen molar-refractivity contribution in [1.29, 1.82) is 5.26 Å². The second-order valence-electron chi connectivity index (χ2n) is 16.2. The van der Waals surface area contributed by atoms with Gasteiger partial charge in [0.05, 0.1) is 42.3 Å². The molecule has 8 rings (SSSR count). The summed E-state index contributed by atoms with van der Waals surface area (Å²) in [5, 5.41) is 23.0. The Bertz CT molecular complexity index is 2670. The topological polar surface area (TPSA) is 163 Å². The van der Waals surface area contributed by atoms with Gasteiger partial charge in [0.2, 0.25) is 0 Å². The van der Waals surface area contributed by atoms with Crippen LogP contribution in [0, 0.1) is 29.5 Å². The van der Waals surface area contributed by atoms with Gasteiger partial charge < -0.3 is 19.6 Å². The summed E-state index contributed by atoms with van der Waals surface area (Å²) < 4.78 is 20.4. The number of nitriles is 1. The zero-order valence-electron chi connectivity index (χ0n) is 32.7. The minimum Gasteiger partial charge on any atom is -0.411 e. The van der Waals surface area contributed by atoms with E-state index in [4.69, 9.17) is 4.98 Å². The molecule has 14 nitrogen and oxygen atoms in total. The van der Waals surface area contributed by atoms with Crippen LogP contribution in [0.25, 0.3) is 27.9 Å². The smallest absolute Gasteiger partial charge is 0.335 e. The molecule has 2 aliphatic rings. The first-order chi connectivity index (χ1) is 27.3. The SMILES string of the molecule is CC(=NO)c1nc(C)c2c(n1)n(C1CCN(CC(C)(C)C)CC1)c(=O)n2-c1ccc(C(=O)N2CCc3c(n(Cc4ccc(C#N)cc4F)c4ncccc34)C2)nc1. The molecule has 0 radical (unpaired) electrons. The van der Waals surface area contributed by atoms with Crippen LogP contribution in [0.5, 0.6) is 0 Å². The number of nitrogens with zero attached hydrogens (tertiary/aromatic N) is 11. The Labute approximate surface area is 328 Å². The van der Waals surface area contributed by atoms with Crippen LogP contribution >= 0.6 is 0 Å². The molecule has 1 N–H and O–H groups in total. The molecule has 0 aliphatic carbocycles. The second-order valence-corrected chi connectivity index (χ2v) is 16.2. The van der Waals surface area contributed by atoms with Crippen LogP contribution in [0.1, 0.15) is 91.0 Å². The average molecular weight is 770 g/mol. The van der Waals surface area contributed by atoms with Crippen molar-refractivity contribution < 1.29 is 14.4 Å². The first-order valence-electron chi connectivity index (χ1n) is 19.2. The zero-order valence-corrected chi connectivity index (χ0v) is 32.7. The number of imidazole rings is 1. The molecule has 2 aliphatic heterocycles. The normalized spacial score (nSPS) is 15.7. The van der Waals surface area contributed by atoms with E-state index in [1.165, 1.54) is 12.3 Å². The van der Waals surface area contributed by atoms with Crippen molar-refractivity contribution >= 4 is 33.8 Å². The van der Waals surface area contributed by atoms with Crippen LogP contribution in [0.2, 0.25) is 0 Å². The second kappa shape index (κ2) is 14.7. The van der Waals surface area contributed by atoms with E-state index in [1.807, 2.05) is 22.8 Å². The van der Waals surface area contributed by atoms with Crippen molar-refractivity contribution in [1.82, 2.24) is 43.4 Å². The number of likely N-dealkylation sites (tertiary alicyclic amines) is 1. The van der Waals surface area contributed by atoms with Crippen molar-refractivity contribution in [2.24, 2.45) is 10.6 Å². The monoisotopic (exact) mass is 769 g/mol. The number of amides is 1. The maximum absolute atomic E-state index is 15.1. The lowest BCUT2D eigenvalue weighted by atomic mass is 9.94. The number of carbonyl (C=O) groups is 1. The van der Waals surface area contributed by atoms with Crippen LogP contribution in [0.4, 0.5) is 4.39 Å². The number of piperidine rings is 1. The number of oxime groups is 1. The van der Waals surface area contributed by atoms with Crippen molar-refractivity contribution in [3.8, 4) is 11.8 Å². The standard InChI is InChI=1S/C42H44FN11O3/c1-25-36-39(48-37(47-25)26(2)49-57)54(29-12-16-50(17-13-29)24-42(3,4)5)41(56)53(36)30-10-11-34(46-21-30)40(55)51-18-14-31-32-7-6-15-45-38(32)52(35(31)23-51)22-28-9-8-27(20-44)19-33(28)43/h6-11,15,19,21,29,57H,12-14,16-18,22-24H2,1-5H3. The lowest BCUT2D eigenvalue weighted by molar-refractivity contribution is 0.0724. The molecule has 5 aromatic heterocycles. The van der Waals surface area contributed by atoms with E-state index in [0.29, 0.717) is 46.7 Å². The summed E-state index contributed by atoms with van der Waals surface area (Å²) in [6.45, 7) is 13.6. The Morgan fingerprint density at radius 1 is 1.07 bits per heavy atom. The summed E-state index contributed by atoms with van der Waals surface area (Å²) in [4.78, 5) is 51.3. The number of hydrogen-bond acceptors (Lipinski definition) is 10. The largest absolute Gasteiger partial charge is 0.411 e. The van der Waals surface area contributed by atoms with Crippen LogP contribution in [0.3, 0.4) is 0 Å². The van der Waals surface area contributed by atoms with Crippen molar-refractivity contribution in [3.63, 3.8) is 0 Å². The average Bonchev–Trinajstić information content (AvgIpc) is 3.68. The molecule has 6 aromatic rings. The number of aromatic nitrogens is 7. The molecule has 57 heavy (non-hydrogen) atoms. The van der Waals surface area contributed by atoms with E-state index in [2.05, 4.69) is 45.8 Å². The third kappa shape index (κ3) is 6.94. The predicted molar refractivity (Wildman–Crippen MR) is 212 cm³/mol. The predicted octanol–water partition coefficient (Wildman–Crippen LogP) is 5.77. The van der Waals surface area contributed by atoms with Gasteiger partial charge >= 0.3 is 5.69 Å². The Morgan fingerprint density at radius 3 is 2.54 bits per heavy atom. The molecule has 1 saturated heterocycles. The van der Waals surface area contributed by atoms with Gasteiger partial charge in [-0.05, 0) is 80.5 Å². The molecule has 0 saturated carbocycles. The van der Waals surface area contributed by atoms with Gasteiger partial charge in [-0.3, -0.25) is 13.9 Å². The van der Waals surface area contributed by atoms with E-state index < -0.39 is 5.82 Å². The van der Waals surface area contributed by atoms with Gasteiger partial charge in [0.1, 0.15) is 28.4 Å². The number of halogens is 1. The molecule has 7 heterocycles. The Balaban J connectivity index is 1.11. The van der Waals surface area contributed by atoms with Gasteiger partial charge in [0.25, 0.3) is 5.91 Å². The van der Waals surface area contributed by atoms with Gasteiger partial charge in [-0.2, -0.15) is 5.26 Å². The highest BCUT2D eigenvalue weighted by Gasteiger charge is 2.31. The highest BCUT2D eigenvalue weighted by molar-refractivity contribution is 5.96. The van der Waals surface area contributed by atoms with E-state index in [9.17, 15) is 20.1 Å². The maximum atomic E-state index is 15.1. The number of benzene rings is 1. The van der Waals surface area contributed by atoms with Gasteiger partial charge in [-0.15, -0.1) is 0 Å². The molecule has 1 amide bonds. The first-order valence-corrected chi connectivity index (χ1v) is 19.2. The van der Waals surface area contributed by atoms with Gasteiger partial charge in [-0.1, -0.05) is 32.0 Å². The molecular weight excluding hydrogens is 726 g/mol. The fourth-order valence-corrected chi connectivity index (χ4v) is 8.38.